The van der Waals surface area contributed by atoms with Gasteiger partial charge in [-0.05, 0) is 48.7 Å². The molecule has 0 N–H and O–H groups in total. The fourth-order valence-electron chi connectivity index (χ4n) is 4.68. The Kier molecular flexibility index (Phi) is 7.80. The minimum Gasteiger partial charge on any atom is -0.338 e. The van der Waals surface area contributed by atoms with Crippen LogP contribution in [0.1, 0.15) is 37.3 Å². The maximum Gasteiger partial charge on any atom is 0.213 e. The lowest BCUT2D eigenvalue weighted by Crippen LogP contribution is -2.43. The predicted octanol–water partition coefficient (Wildman–Crippen LogP) is 6.80. The van der Waals surface area contributed by atoms with Gasteiger partial charge in [0.1, 0.15) is 0 Å². The zero-order valence-electron chi connectivity index (χ0n) is 21.4. The molecule has 4 heteroatoms. The van der Waals surface area contributed by atoms with E-state index in [1.807, 2.05) is 11.8 Å². The van der Waals surface area contributed by atoms with Crippen LogP contribution in [0, 0.1) is 6.92 Å². The van der Waals surface area contributed by atoms with Crippen molar-refractivity contribution in [1.29, 1.82) is 0 Å². The highest BCUT2D eigenvalue weighted by Gasteiger charge is 2.21. The second-order valence-corrected chi connectivity index (χ2v) is 11.1. The summed E-state index contributed by atoms with van der Waals surface area (Å²) in [5.41, 5.74) is 5.18. The molecule has 3 aromatic rings. The van der Waals surface area contributed by atoms with Crippen molar-refractivity contribution in [3.63, 3.8) is 0 Å². The number of rotatable bonds is 9. The molecule has 0 saturated carbocycles. The van der Waals surface area contributed by atoms with Crippen LogP contribution in [-0.4, -0.2) is 38.7 Å². The summed E-state index contributed by atoms with van der Waals surface area (Å²) < 4.78 is 3.53. The van der Waals surface area contributed by atoms with Crippen LogP contribution >= 0.6 is 11.8 Å². The smallest absolute Gasteiger partial charge is 0.213 e. The molecule has 2 aromatic carbocycles. The predicted molar refractivity (Wildman–Crippen MR) is 148 cm³/mol. The van der Waals surface area contributed by atoms with Gasteiger partial charge in [-0.25, -0.2) is 0 Å². The number of quaternary nitrogens is 1. The van der Waals surface area contributed by atoms with E-state index in [2.05, 4.69) is 117 Å². The molecule has 178 valence electrons. The number of anilines is 1. The summed E-state index contributed by atoms with van der Waals surface area (Å²) >= 11 is 1.85. The lowest BCUT2D eigenvalue weighted by molar-refractivity contribution is -0.892. The monoisotopic (exact) mass is 473 g/mol. The van der Waals surface area contributed by atoms with Gasteiger partial charge in [-0.2, -0.15) is 4.57 Å². The summed E-state index contributed by atoms with van der Waals surface area (Å²) in [4.78, 5) is 3.62. The summed E-state index contributed by atoms with van der Waals surface area (Å²) in [7, 11) is 6.87. The van der Waals surface area contributed by atoms with E-state index in [4.69, 9.17) is 0 Å². The van der Waals surface area contributed by atoms with Crippen LogP contribution in [0.3, 0.4) is 0 Å². The fourth-order valence-corrected chi connectivity index (χ4v) is 5.84. The number of hydrogen-bond donors (Lipinski definition) is 0. The SMILES string of the molecule is CCCC[N+](C)(C)CCC[n+]1ccc(C=CC=C2Sc3cc(C)ccc3N2C)c2ccccc21. The molecule has 0 saturated heterocycles. The molecule has 0 unspecified atom stereocenters. The molecule has 1 aromatic heterocycles. The van der Waals surface area contributed by atoms with Crippen LogP contribution in [0.4, 0.5) is 5.69 Å². The second kappa shape index (κ2) is 10.8. The molecule has 0 fully saturated rings. The zero-order chi connectivity index (χ0) is 24.1. The first-order valence-electron chi connectivity index (χ1n) is 12.5. The molecule has 4 rings (SSSR count). The highest BCUT2D eigenvalue weighted by molar-refractivity contribution is 8.03. The molecule has 0 atom stereocenters. The molecular weight excluding hydrogens is 434 g/mol. The Balaban J connectivity index is 1.48. The van der Waals surface area contributed by atoms with Crippen LogP contribution < -0.4 is 9.47 Å². The van der Waals surface area contributed by atoms with E-state index < -0.39 is 0 Å². The van der Waals surface area contributed by atoms with Gasteiger partial charge in [0.05, 0.1) is 49.7 Å². The number of aromatic nitrogens is 1. The molecule has 3 nitrogen and oxygen atoms in total. The van der Waals surface area contributed by atoms with Gasteiger partial charge in [0.25, 0.3) is 0 Å². The lowest BCUT2D eigenvalue weighted by Gasteiger charge is -2.29. The molecule has 0 bridgehead atoms. The third kappa shape index (κ3) is 5.73. The number of aryl methyl sites for hydroxylation is 2. The van der Waals surface area contributed by atoms with Gasteiger partial charge in [0.15, 0.2) is 12.7 Å². The first kappa shape index (κ1) is 24.6. The van der Waals surface area contributed by atoms with Crippen LogP contribution in [-0.2, 0) is 6.54 Å². The fraction of sp³-hybridized carbons (Fsp3) is 0.367. The van der Waals surface area contributed by atoms with Crippen molar-refractivity contribution in [3.05, 3.63) is 83.0 Å². The molecule has 2 heterocycles. The summed E-state index contributed by atoms with van der Waals surface area (Å²) in [6.45, 7) is 7.96. The summed E-state index contributed by atoms with van der Waals surface area (Å²) in [6, 6.07) is 17.7. The van der Waals surface area contributed by atoms with E-state index in [0.29, 0.717) is 0 Å². The van der Waals surface area contributed by atoms with E-state index >= 15 is 0 Å². The van der Waals surface area contributed by atoms with Crippen molar-refractivity contribution >= 4 is 34.4 Å². The standard InChI is InChI=1S/C30H39N3S/c1-6-7-21-33(4,5)22-11-19-32-20-18-25(26-13-8-9-14-27(26)32)12-10-15-30-31(3)28-17-16-24(2)23-29(28)34-30/h8-10,12-18,20,23H,6-7,11,19,21-22H2,1-5H3/q+2. The number of fused-ring (bicyclic) bond motifs is 2. The average Bonchev–Trinajstić information content (AvgIpc) is 3.13. The van der Waals surface area contributed by atoms with Crippen molar-refractivity contribution in [2.45, 2.75) is 44.6 Å². The van der Waals surface area contributed by atoms with Crippen LogP contribution in [0.25, 0.3) is 17.0 Å². The number of thioether (sulfide) groups is 1. The molecule has 1 aliphatic heterocycles. The van der Waals surface area contributed by atoms with E-state index in [9.17, 15) is 0 Å². The highest BCUT2D eigenvalue weighted by atomic mass is 32.2. The third-order valence-corrected chi connectivity index (χ3v) is 7.94. The Morgan fingerprint density at radius 1 is 1.03 bits per heavy atom. The molecular formula is C30H39N3S+2. The normalized spacial score (nSPS) is 15.1. The van der Waals surface area contributed by atoms with E-state index in [0.717, 1.165) is 11.0 Å². The van der Waals surface area contributed by atoms with Crippen molar-refractivity contribution in [2.24, 2.45) is 0 Å². The molecule has 1 aliphatic rings. The van der Waals surface area contributed by atoms with E-state index in [-0.39, 0.29) is 0 Å². The minimum atomic E-state index is 1.06. The summed E-state index contributed by atoms with van der Waals surface area (Å²) in [5, 5.41) is 2.57. The topological polar surface area (TPSA) is 7.12 Å². The first-order valence-corrected chi connectivity index (χ1v) is 13.3. The maximum atomic E-state index is 2.42. The maximum absolute atomic E-state index is 2.42. The van der Waals surface area contributed by atoms with Crippen LogP contribution in [0.5, 0.6) is 0 Å². The molecule has 34 heavy (non-hydrogen) atoms. The van der Waals surface area contributed by atoms with Gasteiger partial charge in [-0.15, -0.1) is 0 Å². The molecule has 0 radical (unpaired) electrons. The summed E-state index contributed by atoms with van der Waals surface area (Å²) in [5.74, 6) is 0. The largest absolute Gasteiger partial charge is 0.338 e. The number of nitrogens with zero attached hydrogens (tertiary/aromatic N) is 3. The van der Waals surface area contributed by atoms with Gasteiger partial charge in [0, 0.05) is 24.1 Å². The minimum absolute atomic E-state index is 1.06. The Labute approximate surface area is 210 Å². The van der Waals surface area contributed by atoms with Crippen molar-refractivity contribution in [2.75, 3.05) is 39.1 Å². The van der Waals surface area contributed by atoms with Gasteiger partial charge in [0.2, 0.25) is 5.52 Å². The number of hydrogen-bond acceptors (Lipinski definition) is 2. The lowest BCUT2D eigenvalue weighted by atomic mass is 10.1. The molecule has 0 aliphatic carbocycles. The average molecular weight is 474 g/mol. The number of pyridine rings is 1. The van der Waals surface area contributed by atoms with Gasteiger partial charge >= 0.3 is 0 Å². The number of benzene rings is 2. The first-order chi connectivity index (χ1) is 16.4. The van der Waals surface area contributed by atoms with Gasteiger partial charge in [-0.1, -0.05) is 55.5 Å². The summed E-state index contributed by atoms with van der Waals surface area (Å²) in [6.07, 6.45) is 12.7. The van der Waals surface area contributed by atoms with Gasteiger partial charge < -0.3 is 9.38 Å². The van der Waals surface area contributed by atoms with E-state index in [1.165, 1.54) is 70.0 Å². The van der Waals surface area contributed by atoms with Crippen molar-refractivity contribution in [1.82, 2.24) is 0 Å². The molecule has 0 amide bonds. The zero-order valence-corrected chi connectivity index (χ0v) is 22.2. The highest BCUT2D eigenvalue weighted by Crippen LogP contribution is 2.45. The Morgan fingerprint density at radius 3 is 2.65 bits per heavy atom. The van der Waals surface area contributed by atoms with Crippen LogP contribution in [0.15, 0.2) is 76.8 Å². The Hall–Kier alpha value is -2.56. The van der Waals surface area contributed by atoms with Crippen molar-refractivity contribution < 1.29 is 9.05 Å². The Morgan fingerprint density at radius 2 is 1.82 bits per heavy atom. The number of unbranched alkanes of at least 4 members (excludes halogenated alkanes) is 1. The van der Waals surface area contributed by atoms with Gasteiger partial charge in [-0.3, -0.25) is 0 Å². The number of para-hydroxylation sites is 1. The van der Waals surface area contributed by atoms with E-state index in [1.54, 1.807) is 0 Å². The second-order valence-electron chi connectivity index (χ2n) is 10.1. The number of allylic oxidation sites excluding steroid dienone is 2. The van der Waals surface area contributed by atoms with Crippen molar-refractivity contribution in [3.8, 4) is 0 Å². The Bertz CT molecular complexity index is 1210. The third-order valence-electron chi connectivity index (χ3n) is 6.77. The van der Waals surface area contributed by atoms with Crippen LogP contribution in [0.2, 0.25) is 0 Å². The molecule has 0 spiro atoms. The quantitative estimate of drug-likeness (QED) is 0.249.